The van der Waals surface area contributed by atoms with Crippen molar-refractivity contribution in [2.24, 2.45) is 0 Å². The molecule has 0 unspecified atom stereocenters. The first kappa shape index (κ1) is 24.0. The van der Waals surface area contributed by atoms with Crippen molar-refractivity contribution < 1.29 is 19.0 Å². The second kappa shape index (κ2) is 11.0. The highest BCUT2D eigenvalue weighted by Crippen LogP contribution is 2.31. The third kappa shape index (κ3) is 5.65. The Morgan fingerprint density at radius 1 is 0.865 bits per heavy atom. The van der Waals surface area contributed by atoms with Crippen molar-refractivity contribution in [3.05, 3.63) is 95.1 Å². The highest BCUT2D eigenvalue weighted by molar-refractivity contribution is 5.82. The molecule has 3 aromatic carbocycles. The summed E-state index contributed by atoms with van der Waals surface area (Å²) in [5, 5.41) is 0. The topological polar surface area (TPSA) is 51.2 Å². The Bertz CT molecular complexity index is 1200. The first-order valence-corrected chi connectivity index (χ1v) is 13.4. The largest absolute Gasteiger partial charge is 0.491 e. The van der Waals surface area contributed by atoms with Gasteiger partial charge in [0.2, 0.25) is 0 Å². The van der Waals surface area contributed by atoms with Gasteiger partial charge in [0.15, 0.2) is 6.10 Å². The molecule has 0 radical (unpaired) electrons. The van der Waals surface area contributed by atoms with E-state index in [-0.39, 0.29) is 5.91 Å². The van der Waals surface area contributed by atoms with E-state index in [1.165, 1.54) is 11.1 Å². The van der Waals surface area contributed by atoms with Crippen molar-refractivity contribution >= 4 is 5.91 Å². The SMILES string of the molecule is O=C([C@@H]1Cc2ccccc2O1)N1CCOc2ccc(CN3CCC(OCc4ccccc4)CC3)cc2C1. The third-order valence-corrected chi connectivity index (χ3v) is 7.61. The number of ether oxygens (including phenoxy) is 3. The third-order valence-electron chi connectivity index (χ3n) is 7.61. The molecule has 0 spiro atoms. The number of hydrogen-bond acceptors (Lipinski definition) is 5. The Labute approximate surface area is 218 Å². The van der Waals surface area contributed by atoms with Crippen LogP contribution in [-0.2, 0) is 35.6 Å². The van der Waals surface area contributed by atoms with Gasteiger partial charge in [-0.15, -0.1) is 0 Å². The lowest BCUT2D eigenvalue weighted by molar-refractivity contribution is -0.138. The van der Waals surface area contributed by atoms with E-state index >= 15 is 0 Å². The zero-order chi connectivity index (χ0) is 25.0. The van der Waals surface area contributed by atoms with Gasteiger partial charge in [-0.1, -0.05) is 54.6 Å². The molecule has 1 atom stereocenters. The second-order valence-electron chi connectivity index (χ2n) is 10.2. The van der Waals surface area contributed by atoms with Crippen molar-refractivity contribution in [3.8, 4) is 11.5 Å². The van der Waals surface area contributed by atoms with Crippen LogP contribution in [0.3, 0.4) is 0 Å². The average molecular weight is 499 g/mol. The van der Waals surface area contributed by atoms with Gasteiger partial charge in [-0.05, 0) is 47.7 Å². The summed E-state index contributed by atoms with van der Waals surface area (Å²) in [5.74, 6) is 1.74. The molecule has 3 aliphatic heterocycles. The maximum absolute atomic E-state index is 13.3. The number of piperidine rings is 1. The van der Waals surface area contributed by atoms with Crippen LogP contribution in [0.25, 0.3) is 0 Å². The summed E-state index contributed by atoms with van der Waals surface area (Å²) in [6, 6.07) is 24.7. The quantitative estimate of drug-likeness (QED) is 0.498. The lowest BCUT2D eigenvalue weighted by Crippen LogP contribution is -2.42. The summed E-state index contributed by atoms with van der Waals surface area (Å²) in [7, 11) is 0. The van der Waals surface area contributed by atoms with Gasteiger partial charge in [-0.2, -0.15) is 0 Å². The summed E-state index contributed by atoms with van der Waals surface area (Å²) in [5.41, 5.74) is 4.65. The molecule has 6 rings (SSSR count). The Balaban J connectivity index is 1.04. The van der Waals surface area contributed by atoms with Crippen LogP contribution in [0, 0.1) is 0 Å². The molecule has 1 amide bonds. The standard InChI is InChI=1S/C31H34N2O4/c34-31(30-19-25-8-4-5-9-29(25)37-30)33-16-17-35-28-11-10-24(18-26(28)21-33)20-32-14-12-27(13-15-32)36-22-23-6-2-1-3-7-23/h1-11,18,27,30H,12-17,19-22H2/t30-/m0/s1. The second-order valence-corrected chi connectivity index (χ2v) is 10.2. The molecule has 3 aromatic rings. The zero-order valence-corrected chi connectivity index (χ0v) is 21.2. The van der Waals surface area contributed by atoms with Crippen LogP contribution in [0.15, 0.2) is 72.8 Å². The van der Waals surface area contributed by atoms with Crippen LogP contribution >= 0.6 is 0 Å². The predicted octanol–water partition coefficient (Wildman–Crippen LogP) is 4.59. The number of rotatable bonds is 6. The van der Waals surface area contributed by atoms with Gasteiger partial charge in [0.05, 0.1) is 19.3 Å². The number of hydrogen-bond donors (Lipinski definition) is 0. The number of para-hydroxylation sites is 1. The lowest BCUT2D eigenvalue weighted by atomic mass is 10.0. The van der Waals surface area contributed by atoms with E-state index in [2.05, 4.69) is 47.4 Å². The van der Waals surface area contributed by atoms with E-state index in [0.29, 0.717) is 38.8 Å². The molecule has 1 saturated heterocycles. The first-order chi connectivity index (χ1) is 18.2. The Morgan fingerprint density at radius 2 is 1.68 bits per heavy atom. The zero-order valence-electron chi connectivity index (χ0n) is 21.2. The number of nitrogens with zero attached hydrogens (tertiary/aromatic N) is 2. The number of fused-ring (bicyclic) bond motifs is 2. The van der Waals surface area contributed by atoms with E-state index in [4.69, 9.17) is 14.2 Å². The summed E-state index contributed by atoms with van der Waals surface area (Å²) in [6.45, 7) is 5.24. The van der Waals surface area contributed by atoms with Gasteiger partial charge in [0, 0.05) is 38.2 Å². The van der Waals surface area contributed by atoms with Crippen LogP contribution in [0.5, 0.6) is 11.5 Å². The molecule has 0 aliphatic carbocycles. The summed E-state index contributed by atoms with van der Waals surface area (Å²) < 4.78 is 18.1. The molecular weight excluding hydrogens is 464 g/mol. The molecule has 6 nitrogen and oxygen atoms in total. The Morgan fingerprint density at radius 3 is 2.51 bits per heavy atom. The van der Waals surface area contributed by atoms with Crippen molar-refractivity contribution in [1.29, 1.82) is 0 Å². The summed E-state index contributed by atoms with van der Waals surface area (Å²) in [4.78, 5) is 17.7. The van der Waals surface area contributed by atoms with Gasteiger partial charge < -0.3 is 19.1 Å². The molecular formula is C31H34N2O4. The van der Waals surface area contributed by atoms with Gasteiger partial charge in [-0.3, -0.25) is 9.69 Å². The number of carbonyl (C=O) groups is 1. The van der Waals surface area contributed by atoms with Crippen LogP contribution in [-0.4, -0.2) is 54.2 Å². The maximum atomic E-state index is 13.3. The van der Waals surface area contributed by atoms with Gasteiger partial charge in [-0.25, -0.2) is 0 Å². The van der Waals surface area contributed by atoms with E-state index < -0.39 is 6.10 Å². The van der Waals surface area contributed by atoms with Crippen LogP contribution in [0.1, 0.15) is 35.1 Å². The molecule has 37 heavy (non-hydrogen) atoms. The minimum atomic E-state index is -0.451. The van der Waals surface area contributed by atoms with Crippen molar-refractivity contribution in [1.82, 2.24) is 9.80 Å². The van der Waals surface area contributed by atoms with E-state index in [9.17, 15) is 4.79 Å². The number of carbonyl (C=O) groups excluding carboxylic acids is 1. The van der Waals surface area contributed by atoms with Gasteiger partial charge in [0.25, 0.3) is 5.91 Å². The molecule has 0 saturated carbocycles. The molecule has 3 heterocycles. The fourth-order valence-electron chi connectivity index (χ4n) is 5.54. The molecule has 0 N–H and O–H groups in total. The predicted molar refractivity (Wildman–Crippen MR) is 141 cm³/mol. The van der Waals surface area contributed by atoms with Crippen molar-refractivity contribution in [3.63, 3.8) is 0 Å². The normalized spacial score (nSPS) is 19.9. The van der Waals surface area contributed by atoms with Gasteiger partial charge in [0.1, 0.15) is 18.1 Å². The smallest absolute Gasteiger partial charge is 0.264 e. The van der Waals surface area contributed by atoms with Crippen LogP contribution < -0.4 is 9.47 Å². The molecule has 192 valence electrons. The Kier molecular flexibility index (Phi) is 7.11. The van der Waals surface area contributed by atoms with E-state index in [1.807, 2.05) is 35.2 Å². The van der Waals surface area contributed by atoms with Crippen LogP contribution in [0.4, 0.5) is 0 Å². The van der Waals surface area contributed by atoms with E-state index in [1.54, 1.807) is 0 Å². The fourth-order valence-corrected chi connectivity index (χ4v) is 5.54. The number of amides is 1. The van der Waals surface area contributed by atoms with E-state index in [0.717, 1.165) is 55.1 Å². The highest BCUT2D eigenvalue weighted by Gasteiger charge is 2.33. The van der Waals surface area contributed by atoms with Crippen LogP contribution in [0.2, 0.25) is 0 Å². The molecule has 3 aliphatic rings. The Hall–Kier alpha value is -3.35. The van der Waals surface area contributed by atoms with Crippen molar-refractivity contribution in [2.75, 3.05) is 26.2 Å². The lowest BCUT2D eigenvalue weighted by Gasteiger charge is -2.32. The summed E-state index contributed by atoms with van der Waals surface area (Å²) >= 11 is 0. The first-order valence-electron chi connectivity index (χ1n) is 13.4. The minimum absolute atomic E-state index is 0.0376. The molecule has 6 heteroatoms. The average Bonchev–Trinajstić information content (AvgIpc) is 3.26. The fraction of sp³-hybridized carbons (Fsp3) is 0.387. The molecule has 0 bridgehead atoms. The van der Waals surface area contributed by atoms with Gasteiger partial charge >= 0.3 is 0 Å². The number of benzene rings is 3. The number of likely N-dealkylation sites (tertiary alicyclic amines) is 1. The maximum Gasteiger partial charge on any atom is 0.264 e. The minimum Gasteiger partial charge on any atom is -0.491 e. The van der Waals surface area contributed by atoms with Crippen molar-refractivity contribution in [2.45, 2.75) is 51.2 Å². The summed E-state index contributed by atoms with van der Waals surface area (Å²) in [6.07, 6.45) is 2.59. The monoisotopic (exact) mass is 498 g/mol. The molecule has 0 aromatic heterocycles. The molecule has 1 fully saturated rings. The highest BCUT2D eigenvalue weighted by atomic mass is 16.5.